The molecule has 1 N–H and O–H groups in total. The molecule has 0 saturated carbocycles. The predicted octanol–water partition coefficient (Wildman–Crippen LogP) is 4.77. The molecule has 0 aliphatic carbocycles. The maximum absolute atomic E-state index is 12.4. The van der Waals surface area contributed by atoms with E-state index in [9.17, 15) is 4.79 Å². The van der Waals surface area contributed by atoms with E-state index >= 15 is 0 Å². The second-order valence-electron chi connectivity index (χ2n) is 7.03. The minimum absolute atomic E-state index is 0.0225. The number of rotatable bonds is 6. The second kappa shape index (κ2) is 8.97. The standard InChI is InChI=1S/C22H24N4OS/c27-21(8-7-19-16-28-22(25-19)17-9-11-23-12-10-17)24-18-5-4-6-20(15-18)26-13-2-1-3-14-26/h4-6,9-12,15-16H,1-3,7-8,13-14H2,(H,24,27). The molecule has 144 valence electrons. The van der Waals surface area contributed by atoms with Crippen LogP contribution in [0.2, 0.25) is 0 Å². The Morgan fingerprint density at radius 2 is 1.93 bits per heavy atom. The highest BCUT2D eigenvalue weighted by Gasteiger charge is 2.12. The van der Waals surface area contributed by atoms with Crippen LogP contribution in [0.3, 0.4) is 0 Å². The van der Waals surface area contributed by atoms with Crippen LogP contribution < -0.4 is 10.2 Å². The molecule has 0 atom stereocenters. The number of carbonyl (C=O) groups excluding carboxylic acids is 1. The zero-order chi connectivity index (χ0) is 19.2. The van der Waals surface area contributed by atoms with E-state index in [-0.39, 0.29) is 5.91 Å². The van der Waals surface area contributed by atoms with Crippen LogP contribution in [0, 0.1) is 0 Å². The van der Waals surface area contributed by atoms with Crippen molar-refractivity contribution in [2.24, 2.45) is 0 Å². The summed E-state index contributed by atoms with van der Waals surface area (Å²) in [4.78, 5) is 23.5. The largest absolute Gasteiger partial charge is 0.371 e. The average Bonchev–Trinajstić information content (AvgIpc) is 3.23. The van der Waals surface area contributed by atoms with Crippen LogP contribution >= 0.6 is 11.3 Å². The Hall–Kier alpha value is -2.73. The molecule has 2 aromatic heterocycles. The van der Waals surface area contributed by atoms with E-state index in [1.165, 1.54) is 24.9 Å². The van der Waals surface area contributed by atoms with Crippen LogP contribution in [0.5, 0.6) is 0 Å². The topological polar surface area (TPSA) is 58.1 Å². The Kier molecular flexibility index (Phi) is 5.97. The molecule has 0 radical (unpaired) electrons. The van der Waals surface area contributed by atoms with Gasteiger partial charge in [0.05, 0.1) is 5.69 Å². The van der Waals surface area contributed by atoms with Gasteiger partial charge in [-0.25, -0.2) is 4.98 Å². The first-order valence-corrected chi connectivity index (χ1v) is 10.7. The van der Waals surface area contributed by atoms with Gasteiger partial charge in [-0.3, -0.25) is 9.78 Å². The van der Waals surface area contributed by atoms with E-state index in [2.05, 4.69) is 32.3 Å². The van der Waals surface area contributed by atoms with Gasteiger partial charge < -0.3 is 10.2 Å². The van der Waals surface area contributed by atoms with Crippen molar-refractivity contribution in [1.82, 2.24) is 9.97 Å². The lowest BCUT2D eigenvalue weighted by molar-refractivity contribution is -0.116. The molecule has 5 nitrogen and oxygen atoms in total. The van der Waals surface area contributed by atoms with Gasteiger partial charge in [0.25, 0.3) is 0 Å². The lowest BCUT2D eigenvalue weighted by atomic mass is 10.1. The summed E-state index contributed by atoms with van der Waals surface area (Å²) in [6, 6.07) is 12.1. The van der Waals surface area contributed by atoms with E-state index in [1.807, 2.05) is 29.6 Å². The highest BCUT2D eigenvalue weighted by atomic mass is 32.1. The highest BCUT2D eigenvalue weighted by Crippen LogP contribution is 2.25. The molecule has 1 aromatic carbocycles. The van der Waals surface area contributed by atoms with Crippen molar-refractivity contribution < 1.29 is 4.79 Å². The number of hydrogen-bond donors (Lipinski definition) is 1. The zero-order valence-corrected chi connectivity index (χ0v) is 16.6. The summed E-state index contributed by atoms with van der Waals surface area (Å²) in [6.07, 6.45) is 8.39. The van der Waals surface area contributed by atoms with E-state index in [0.29, 0.717) is 12.8 Å². The smallest absolute Gasteiger partial charge is 0.224 e. The number of benzene rings is 1. The fraction of sp³-hybridized carbons (Fsp3) is 0.318. The van der Waals surface area contributed by atoms with Crippen LogP contribution in [0.4, 0.5) is 11.4 Å². The van der Waals surface area contributed by atoms with Crippen molar-refractivity contribution in [3.63, 3.8) is 0 Å². The molecule has 1 aliphatic rings. The zero-order valence-electron chi connectivity index (χ0n) is 15.8. The number of carbonyl (C=O) groups is 1. The molecule has 3 aromatic rings. The maximum Gasteiger partial charge on any atom is 0.224 e. The molecule has 1 aliphatic heterocycles. The number of amides is 1. The van der Waals surface area contributed by atoms with Crippen molar-refractivity contribution >= 4 is 28.6 Å². The summed E-state index contributed by atoms with van der Waals surface area (Å²) < 4.78 is 0. The quantitative estimate of drug-likeness (QED) is 0.657. The fourth-order valence-electron chi connectivity index (χ4n) is 3.45. The van der Waals surface area contributed by atoms with Crippen molar-refractivity contribution in [3.8, 4) is 10.6 Å². The first kappa shape index (κ1) is 18.6. The molecule has 0 spiro atoms. The first-order valence-electron chi connectivity index (χ1n) is 9.77. The Labute approximate surface area is 169 Å². The van der Waals surface area contributed by atoms with Gasteiger partial charge >= 0.3 is 0 Å². The summed E-state index contributed by atoms with van der Waals surface area (Å²) in [5.74, 6) is 0.0225. The highest BCUT2D eigenvalue weighted by molar-refractivity contribution is 7.13. The Balaban J connectivity index is 1.32. The minimum atomic E-state index is 0.0225. The minimum Gasteiger partial charge on any atom is -0.371 e. The monoisotopic (exact) mass is 392 g/mol. The second-order valence-corrected chi connectivity index (χ2v) is 7.88. The summed E-state index contributed by atoms with van der Waals surface area (Å²) >= 11 is 1.60. The molecule has 3 heterocycles. The van der Waals surface area contributed by atoms with E-state index in [4.69, 9.17) is 0 Å². The number of piperidine rings is 1. The number of anilines is 2. The number of aromatic nitrogens is 2. The van der Waals surface area contributed by atoms with Crippen LogP contribution in [0.15, 0.2) is 54.2 Å². The van der Waals surface area contributed by atoms with Crippen LogP contribution in [-0.4, -0.2) is 29.0 Å². The van der Waals surface area contributed by atoms with E-state index < -0.39 is 0 Å². The van der Waals surface area contributed by atoms with Crippen molar-refractivity contribution in [2.45, 2.75) is 32.1 Å². The third-order valence-corrected chi connectivity index (χ3v) is 5.88. The van der Waals surface area contributed by atoms with Crippen molar-refractivity contribution in [1.29, 1.82) is 0 Å². The molecule has 1 fully saturated rings. The summed E-state index contributed by atoms with van der Waals surface area (Å²) in [5.41, 5.74) is 4.07. The molecule has 4 rings (SSSR count). The summed E-state index contributed by atoms with van der Waals surface area (Å²) in [5, 5.41) is 6.02. The predicted molar refractivity (Wildman–Crippen MR) is 115 cm³/mol. The third kappa shape index (κ3) is 4.75. The molecule has 1 amide bonds. The van der Waals surface area contributed by atoms with Gasteiger partial charge in [-0.15, -0.1) is 11.3 Å². The number of nitrogens with zero attached hydrogens (tertiary/aromatic N) is 3. The van der Waals surface area contributed by atoms with E-state index in [0.717, 1.165) is 35.0 Å². The third-order valence-electron chi connectivity index (χ3n) is 4.94. The molecule has 0 unspecified atom stereocenters. The normalized spacial score (nSPS) is 14.1. The van der Waals surface area contributed by atoms with Crippen LogP contribution in [0.1, 0.15) is 31.4 Å². The molecule has 0 bridgehead atoms. The van der Waals surface area contributed by atoms with Gasteiger partial charge in [0.15, 0.2) is 0 Å². The number of hydrogen-bond acceptors (Lipinski definition) is 5. The van der Waals surface area contributed by atoms with Gasteiger partial charge in [-0.05, 0) is 56.0 Å². The molecule has 1 saturated heterocycles. The number of nitrogens with one attached hydrogen (secondary N) is 1. The van der Waals surface area contributed by atoms with Crippen LogP contribution in [-0.2, 0) is 11.2 Å². The molecule has 28 heavy (non-hydrogen) atoms. The van der Waals surface area contributed by atoms with Gasteiger partial charge in [-0.1, -0.05) is 6.07 Å². The summed E-state index contributed by atoms with van der Waals surface area (Å²) in [7, 11) is 0. The number of aryl methyl sites for hydroxylation is 1. The lowest BCUT2D eigenvalue weighted by Crippen LogP contribution is -2.29. The van der Waals surface area contributed by atoms with Crippen molar-refractivity contribution in [2.75, 3.05) is 23.3 Å². The van der Waals surface area contributed by atoms with Gasteiger partial charge in [0.1, 0.15) is 5.01 Å². The van der Waals surface area contributed by atoms with Gasteiger partial charge in [0.2, 0.25) is 5.91 Å². The Morgan fingerprint density at radius 1 is 1.11 bits per heavy atom. The Bertz CT molecular complexity index is 919. The fourth-order valence-corrected chi connectivity index (χ4v) is 4.31. The lowest BCUT2D eigenvalue weighted by Gasteiger charge is -2.29. The molecular weight excluding hydrogens is 368 g/mol. The van der Waals surface area contributed by atoms with Crippen molar-refractivity contribution in [3.05, 3.63) is 59.9 Å². The average molecular weight is 393 g/mol. The first-order chi connectivity index (χ1) is 13.8. The SMILES string of the molecule is O=C(CCc1csc(-c2ccncc2)n1)Nc1cccc(N2CCCCC2)c1. The molecular formula is C22H24N4OS. The van der Waals surface area contributed by atoms with E-state index in [1.54, 1.807) is 23.7 Å². The maximum atomic E-state index is 12.4. The molecule has 6 heteroatoms. The van der Waals surface area contributed by atoms with Crippen LogP contribution in [0.25, 0.3) is 10.6 Å². The number of thiazole rings is 1. The van der Waals surface area contributed by atoms with Gasteiger partial charge in [0, 0.05) is 54.2 Å². The summed E-state index contributed by atoms with van der Waals surface area (Å²) in [6.45, 7) is 2.20. The van der Waals surface area contributed by atoms with Gasteiger partial charge in [-0.2, -0.15) is 0 Å². The number of pyridine rings is 1. The Morgan fingerprint density at radius 3 is 2.75 bits per heavy atom.